The molecular formula is C34H45N7O. The van der Waals surface area contributed by atoms with Crippen LogP contribution < -0.4 is 10.2 Å². The minimum atomic E-state index is -0.454. The molecule has 0 radical (unpaired) electrons. The van der Waals surface area contributed by atoms with Gasteiger partial charge in [-0.05, 0) is 61.4 Å². The molecular weight excluding hydrogens is 522 g/mol. The number of anilines is 2. The van der Waals surface area contributed by atoms with Crippen molar-refractivity contribution >= 4 is 34.9 Å². The van der Waals surface area contributed by atoms with Gasteiger partial charge in [0.2, 0.25) is 0 Å². The van der Waals surface area contributed by atoms with E-state index in [1.165, 1.54) is 4.90 Å². The molecule has 8 heteroatoms. The molecule has 0 spiro atoms. The number of hydrogen-bond acceptors (Lipinski definition) is 5. The van der Waals surface area contributed by atoms with Crippen molar-refractivity contribution in [2.24, 2.45) is 18.9 Å². The number of pyridine rings is 2. The van der Waals surface area contributed by atoms with Gasteiger partial charge in [0.25, 0.3) is 0 Å². The van der Waals surface area contributed by atoms with Crippen LogP contribution in [0.3, 0.4) is 0 Å². The number of fused-ring (bicyclic) bond motifs is 1. The highest BCUT2D eigenvalue weighted by molar-refractivity contribution is 6.12. The Balaban J connectivity index is 1.82. The maximum Gasteiger partial charge on any atom is 0.332 e. The van der Waals surface area contributed by atoms with E-state index in [0.29, 0.717) is 23.3 Å². The van der Waals surface area contributed by atoms with E-state index in [0.717, 1.165) is 70.7 Å². The van der Waals surface area contributed by atoms with Crippen molar-refractivity contribution < 1.29 is 4.79 Å². The molecule has 0 saturated heterocycles. The van der Waals surface area contributed by atoms with Crippen molar-refractivity contribution in [2.75, 3.05) is 10.2 Å². The summed E-state index contributed by atoms with van der Waals surface area (Å²) in [4.78, 5) is 29.8. The summed E-state index contributed by atoms with van der Waals surface area (Å²) in [5.41, 5.74) is 7.39. The SMILES string of the molecule is CCc1nc(C(C)(C)C(C)C)cc2nc(-c3nc(NC(=O)N(C=N)c4ccc(C)cc4)ccc3C[C@H](C)CC)n(C)c12. The minimum absolute atomic E-state index is 0.0991. The van der Waals surface area contributed by atoms with Gasteiger partial charge in [0, 0.05) is 18.2 Å². The van der Waals surface area contributed by atoms with Crippen LogP contribution in [-0.2, 0) is 25.3 Å². The molecule has 0 fully saturated rings. The lowest BCUT2D eigenvalue weighted by Gasteiger charge is -2.29. The van der Waals surface area contributed by atoms with Crippen molar-refractivity contribution in [2.45, 2.75) is 80.1 Å². The molecule has 1 aromatic carbocycles. The molecule has 1 atom stereocenters. The maximum absolute atomic E-state index is 13.3. The molecule has 0 aliphatic heterocycles. The first-order valence-corrected chi connectivity index (χ1v) is 15.0. The zero-order valence-electron chi connectivity index (χ0n) is 26.5. The molecule has 0 unspecified atom stereocenters. The van der Waals surface area contributed by atoms with Crippen molar-refractivity contribution in [3.05, 3.63) is 65.0 Å². The number of imidazole rings is 1. The first kappa shape index (κ1) is 30.9. The second-order valence-corrected chi connectivity index (χ2v) is 12.2. The number of nitrogens with one attached hydrogen (secondary N) is 2. The van der Waals surface area contributed by atoms with Gasteiger partial charge >= 0.3 is 6.03 Å². The Morgan fingerprint density at radius 2 is 1.76 bits per heavy atom. The molecule has 0 saturated carbocycles. The fourth-order valence-corrected chi connectivity index (χ4v) is 4.97. The fourth-order valence-electron chi connectivity index (χ4n) is 4.97. The number of hydrogen-bond donors (Lipinski definition) is 2. The summed E-state index contributed by atoms with van der Waals surface area (Å²) in [5, 5.41) is 10.8. The average Bonchev–Trinajstić information content (AvgIpc) is 3.30. The molecule has 222 valence electrons. The molecule has 42 heavy (non-hydrogen) atoms. The standard InChI is InChI=1S/C34H45N7O/c1-10-22(5)18-24-14-17-29(39-33(42)41(20-35)25-15-12-23(6)13-16-25)38-30(24)32-37-27-19-28(34(7,8)21(3)4)36-26(11-2)31(27)40(32)9/h12-17,19-22,35H,10-11,18H2,1-9H3,(H,38,39,42)/t22-/m1/s1. The Labute approximate surface area is 250 Å². The van der Waals surface area contributed by atoms with E-state index in [1.54, 1.807) is 0 Å². The smallest absolute Gasteiger partial charge is 0.324 e. The number of carbonyl (C=O) groups is 1. The Hall–Kier alpha value is -4.07. The van der Waals surface area contributed by atoms with Crippen LogP contribution in [0, 0.1) is 24.2 Å². The van der Waals surface area contributed by atoms with Crippen LogP contribution in [0.15, 0.2) is 42.5 Å². The lowest BCUT2D eigenvalue weighted by molar-refractivity contribution is 0.259. The number of urea groups is 1. The summed E-state index contributed by atoms with van der Waals surface area (Å²) in [5.74, 6) is 2.03. The van der Waals surface area contributed by atoms with Gasteiger partial charge in [0.1, 0.15) is 11.5 Å². The Morgan fingerprint density at radius 1 is 1.07 bits per heavy atom. The Kier molecular flexibility index (Phi) is 9.14. The van der Waals surface area contributed by atoms with Gasteiger partial charge in [-0.1, -0.05) is 78.6 Å². The summed E-state index contributed by atoms with van der Waals surface area (Å²) in [6.07, 6.45) is 3.69. The summed E-state index contributed by atoms with van der Waals surface area (Å²) in [6, 6.07) is 13.0. The molecule has 3 aromatic heterocycles. The van der Waals surface area contributed by atoms with Crippen molar-refractivity contribution in [1.82, 2.24) is 19.5 Å². The van der Waals surface area contributed by atoms with E-state index in [1.807, 2.05) is 50.4 Å². The van der Waals surface area contributed by atoms with Gasteiger partial charge in [0.15, 0.2) is 5.82 Å². The lowest BCUT2D eigenvalue weighted by Crippen LogP contribution is -2.33. The number of aromatic nitrogens is 4. The lowest BCUT2D eigenvalue weighted by atomic mass is 9.78. The highest BCUT2D eigenvalue weighted by atomic mass is 16.2. The largest absolute Gasteiger partial charge is 0.332 e. The maximum atomic E-state index is 13.3. The summed E-state index contributed by atoms with van der Waals surface area (Å²) >= 11 is 0. The monoisotopic (exact) mass is 567 g/mol. The number of carbonyl (C=O) groups excluding carboxylic acids is 1. The highest BCUT2D eigenvalue weighted by Crippen LogP contribution is 2.35. The first-order valence-electron chi connectivity index (χ1n) is 15.0. The van der Waals surface area contributed by atoms with E-state index in [2.05, 4.69) is 64.4 Å². The van der Waals surface area contributed by atoms with Crippen LogP contribution >= 0.6 is 0 Å². The topological polar surface area (TPSA) is 99.8 Å². The van der Waals surface area contributed by atoms with Crippen LogP contribution in [-0.4, -0.2) is 31.9 Å². The molecule has 4 aromatic rings. The third-order valence-electron chi connectivity index (χ3n) is 8.71. The number of rotatable bonds is 10. The van der Waals surface area contributed by atoms with E-state index in [4.69, 9.17) is 20.4 Å². The zero-order chi connectivity index (χ0) is 30.8. The van der Waals surface area contributed by atoms with E-state index < -0.39 is 6.03 Å². The predicted octanol–water partition coefficient (Wildman–Crippen LogP) is 8.07. The minimum Gasteiger partial charge on any atom is -0.324 e. The van der Waals surface area contributed by atoms with E-state index in [9.17, 15) is 4.79 Å². The molecule has 8 nitrogen and oxygen atoms in total. The number of amides is 2. The molecule has 3 heterocycles. The number of aryl methyl sites for hydroxylation is 3. The second-order valence-electron chi connectivity index (χ2n) is 12.2. The van der Waals surface area contributed by atoms with Crippen LogP contribution in [0.1, 0.15) is 77.4 Å². The molecule has 2 N–H and O–H groups in total. The zero-order valence-corrected chi connectivity index (χ0v) is 26.5. The molecule has 0 aliphatic rings. The van der Waals surface area contributed by atoms with Crippen LogP contribution in [0.25, 0.3) is 22.6 Å². The van der Waals surface area contributed by atoms with Crippen molar-refractivity contribution in [3.63, 3.8) is 0 Å². The molecule has 0 aliphatic carbocycles. The van der Waals surface area contributed by atoms with Crippen LogP contribution in [0.2, 0.25) is 0 Å². The third kappa shape index (κ3) is 6.08. The van der Waals surface area contributed by atoms with E-state index >= 15 is 0 Å². The predicted molar refractivity (Wildman–Crippen MR) is 174 cm³/mol. The average molecular weight is 568 g/mol. The van der Waals surface area contributed by atoms with Gasteiger partial charge in [-0.3, -0.25) is 20.6 Å². The van der Waals surface area contributed by atoms with Gasteiger partial charge in [-0.15, -0.1) is 0 Å². The highest BCUT2D eigenvalue weighted by Gasteiger charge is 2.29. The van der Waals surface area contributed by atoms with Crippen molar-refractivity contribution in [1.29, 1.82) is 5.41 Å². The molecule has 0 bridgehead atoms. The Bertz CT molecular complexity index is 1580. The second kappa shape index (κ2) is 12.4. The normalized spacial score (nSPS) is 12.5. The van der Waals surface area contributed by atoms with E-state index in [-0.39, 0.29) is 5.41 Å². The van der Waals surface area contributed by atoms with Gasteiger partial charge in [-0.2, -0.15) is 0 Å². The third-order valence-corrected chi connectivity index (χ3v) is 8.71. The fraction of sp³-hybridized carbons (Fsp3) is 0.441. The van der Waals surface area contributed by atoms with Crippen LogP contribution in [0.4, 0.5) is 16.3 Å². The summed E-state index contributed by atoms with van der Waals surface area (Å²) < 4.78 is 2.09. The van der Waals surface area contributed by atoms with Gasteiger partial charge in [-0.25, -0.2) is 14.8 Å². The van der Waals surface area contributed by atoms with Gasteiger partial charge in [0.05, 0.1) is 28.8 Å². The molecule has 2 amide bonds. The Morgan fingerprint density at radius 3 is 2.36 bits per heavy atom. The van der Waals surface area contributed by atoms with Gasteiger partial charge < -0.3 is 4.57 Å². The molecule has 4 rings (SSSR count). The first-order chi connectivity index (χ1) is 19.9. The summed E-state index contributed by atoms with van der Waals surface area (Å²) in [6.45, 7) is 17.5. The quantitative estimate of drug-likeness (QED) is 0.149. The number of nitrogens with zero attached hydrogens (tertiary/aromatic N) is 5. The van der Waals surface area contributed by atoms with Crippen LogP contribution in [0.5, 0.6) is 0 Å². The summed E-state index contributed by atoms with van der Waals surface area (Å²) in [7, 11) is 2.02. The van der Waals surface area contributed by atoms with Crippen molar-refractivity contribution in [3.8, 4) is 11.5 Å². The number of benzene rings is 1.